The molecule has 3 aromatic rings. The second-order valence-electron chi connectivity index (χ2n) is 7.38. The van der Waals surface area contributed by atoms with Gasteiger partial charge in [-0.3, -0.25) is 0 Å². The van der Waals surface area contributed by atoms with E-state index in [0.717, 1.165) is 62.8 Å². The van der Waals surface area contributed by atoms with Crippen molar-refractivity contribution in [2.75, 3.05) is 49.5 Å². The minimum Gasteiger partial charge on any atom is -0.354 e. The molecule has 0 spiro atoms. The number of benzene rings is 2. The Morgan fingerprint density at radius 2 is 1.55 bits per heavy atom. The first kappa shape index (κ1) is 19.4. The van der Waals surface area contributed by atoms with Crippen molar-refractivity contribution in [2.45, 2.75) is 13.3 Å². The molecule has 0 aliphatic carbocycles. The van der Waals surface area contributed by atoms with Crippen LogP contribution in [0.3, 0.4) is 0 Å². The maximum Gasteiger partial charge on any atom is 0.225 e. The molecular weight excluding hydrogens is 358 g/mol. The lowest BCUT2D eigenvalue weighted by Crippen LogP contribution is -2.46. The third-order valence-corrected chi connectivity index (χ3v) is 5.47. The Hall–Kier alpha value is -2.92. The summed E-state index contributed by atoms with van der Waals surface area (Å²) in [5.74, 6) is 1.71. The maximum absolute atomic E-state index is 4.85. The number of nitrogens with zero attached hydrogens (tertiary/aromatic N) is 4. The molecule has 0 atom stereocenters. The Bertz CT molecular complexity index is 890. The molecule has 5 heteroatoms. The topological polar surface area (TPSA) is 44.3 Å². The fraction of sp³-hybridized carbons (Fsp3) is 0.333. The van der Waals surface area contributed by atoms with Crippen LogP contribution in [0.5, 0.6) is 0 Å². The standard InChI is InChI=1S/C24H29N5/c1-2-28-15-17-29(18-16-28)23-19-22(21-11-7-4-8-12-21)26-24(27-23)25-14-13-20-9-5-3-6-10-20/h3-12,19H,2,13-18H2,1H3,(H,25,26,27). The second-order valence-corrected chi connectivity index (χ2v) is 7.38. The highest BCUT2D eigenvalue weighted by atomic mass is 15.3. The monoisotopic (exact) mass is 387 g/mol. The van der Waals surface area contributed by atoms with E-state index in [1.165, 1.54) is 5.56 Å². The molecule has 0 bridgehead atoms. The van der Waals surface area contributed by atoms with Crippen molar-refractivity contribution in [2.24, 2.45) is 0 Å². The molecule has 4 rings (SSSR count). The van der Waals surface area contributed by atoms with Crippen LogP contribution in [-0.4, -0.2) is 54.1 Å². The maximum atomic E-state index is 4.85. The van der Waals surface area contributed by atoms with Crippen molar-refractivity contribution < 1.29 is 0 Å². The van der Waals surface area contributed by atoms with Gasteiger partial charge in [0.1, 0.15) is 5.82 Å². The minimum absolute atomic E-state index is 0.704. The summed E-state index contributed by atoms with van der Waals surface area (Å²) >= 11 is 0. The number of hydrogen-bond donors (Lipinski definition) is 1. The van der Waals surface area contributed by atoms with Crippen LogP contribution in [0, 0.1) is 0 Å². The normalized spacial score (nSPS) is 14.7. The highest BCUT2D eigenvalue weighted by molar-refractivity contribution is 5.65. The summed E-state index contributed by atoms with van der Waals surface area (Å²) < 4.78 is 0. The molecule has 150 valence electrons. The van der Waals surface area contributed by atoms with Crippen LogP contribution in [-0.2, 0) is 6.42 Å². The van der Waals surface area contributed by atoms with Gasteiger partial charge in [-0.2, -0.15) is 4.98 Å². The largest absolute Gasteiger partial charge is 0.354 e. The molecule has 29 heavy (non-hydrogen) atoms. The van der Waals surface area contributed by atoms with Gasteiger partial charge in [0.15, 0.2) is 0 Å². The van der Waals surface area contributed by atoms with E-state index in [1.54, 1.807) is 0 Å². The summed E-state index contributed by atoms with van der Waals surface area (Å²) in [5.41, 5.74) is 3.40. The van der Waals surface area contributed by atoms with Crippen LogP contribution >= 0.6 is 0 Å². The van der Waals surface area contributed by atoms with Crippen LogP contribution in [0.1, 0.15) is 12.5 Å². The van der Waals surface area contributed by atoms with E-state index in [2.05, 4.69) is 76.6 Å². The van der Waals surface area contributed by atoms with Gasteiger partial charge in [-0.05, 0) is 18.5 Å². The first-order valence-corrected chi connectivity index (χ1v) is 10.5. The molecule has 0 radical (unpaired) electrons. The van der Waals surface area contributed by atoms with E-state index in [1.807, 2.05) is 12.1 Å². The average Bonchev–Trinajstić information content (AvgIpc) is 2.80. The molecule has 0 saturated carbocycles. The zero-order valence-electron chi connectivity index (χ0n) is 17.1. The van der Waals surface area contributed by atoms with E-state index >= 15 is 0 Å². The van der Waals surface area contributed by atoms with Crippen LogP contribution in [0.2, 0.25) is 0 Å². The number of aromatic nitrogens is 2. The Kier molecular flexibility index (Phi) is 6.37. The Morgan fingerprint density at radius 1 is 0.862 bits per heavy atom. The van der Waals surface area contributed by atoms with Crippen molar-refractivity contribution in [3.8, 4) is 11.3 Å². The van der Waals surface area contributed by atoms with Gasteiger partial charge in [0.05, 0.1) is 5.69 Å². The van der Waals surface area contributed by atoms with E-state index in [4.69, 9.17) is 9.97 Å². The van der Waals surface area contributed by atoms with Crippen LogP contribution < -0.4 is 10.2 Å². The second kappa shape index (κ2) is 9.52. The molecule has 0 unspecified atom stereocenters. The van der Waals surface area contributed by atoms with Gasteiger partial charge in [0, 0.05) is 44.4 Å². The zero-order valence-corrected chi connectivity index (χ0v) is 17.1. The molecule has 5 nitrogen and oxygen atoms in total. The molecule has 0 amide bonds. The summed E-state index contributed by atoms with van der Waals surface area (Å²) in [4.78, 5) is 14.5. The third-order valence-electron chi connectivity index (χ3n) is 5.47. The van der Waals surface area contributed by atoms with Crippen molar-refractivity contribution in [1.29, 1.82) is 0 Å². The van der Waals surface area contributed by atoms with Gasteiger partial charge < -0.3 is 15.1 Å². The molecule has 2 heterocycles. The van der Waals surface area contributed by atoms with Crippen molar-refractivity contribution in [1.82, 2.24) is 14.9 Å². The van der Waals surface area contributed by atoms with Gasteiger partial charge in [-0.25, -0.2) is 4.98 Å². The van der Waals surface area contributed by atoms with Gasteiger partial charge in [0.2, 0.25) is 5.95 Å². The average molecular weight is 388 g/mol. The number of piperazine rings is 1. The summed E-state index contributed by atoms with van der Waals surface area (Å²) in [6, 6.07) is 23.0. The molecule has 1 N–H and O–H groups in total. The Labute approximate surface area is 173 Å². The molecule has 1 aliphatic heterocycles. The first-order valence-electron chi connectivity index (χ1n) is 10.5. The summed E-state index contributed by atoms with van der Waals surface area (Å²) in [5, 5.41) is 3.44. The van der Waals surface area contributed by atoms with Crippen LogP contribution in [0.4, 0.5) is 11.8 Å². The first-order chi connectivity index (χ1) is 14.3. The molecule has 1 aliphatic rings. The summed E-state index contributed by atoms with van der Waals surface area (Å²) in [6.45, 7) is 8.31. The Morgan fingerprint density at radius 3 is 2.24 bits per heavy atom. The molecule has 2 aromatic carbocycles. The van der Waals surface area contributed by atoms with Crippen LogP contribution in [0.15, 0.2) is 66.7 Å². The van der Waals surface area contributed by atoms with E-state index in [-0.39, 0.29) is 0 Å². The molecule has 1 saturated heterocycles. The lowest BCUT2D eigenvalue weighted by molar-refractivity contribution is 0.270. The van der Waals surface area contributed by atoms with Crippen molar-refractivity contribution >= 4 is 11.8 Å². The van der Waals surface area contributed by atoms with Gasteiger partial charge in [0.25, 0.3) is 0 Å². The number of likely N-dealkylation sites (N-methyl/N-ethyl adjacent to an activating group) is 1. The third kappa shape index (κ3) is 5.12. The fourth-order valence-electron chi connectivity index (χ4n) is 3.69. The SMILES string of the molecule is CCN1CCN(c2cc(-c3ccccc3)nc(NCCc3ccccc3)n2)CC1. The predicted molar refractivity (Wildman–Crippen MR) is 120 cm³/mol. The van der Waals surface area contributed by atoms with Gasteiger partial charge in [-0.1, -0.05) is 67.6 Å². The predicted octanol–water partition coefficient (Wildman–Crippen LogP) is 3.94. The highest BCUT2D eigenvalue weighted by Gasteiger charge is 2.18. The molecule has 1 fully saturated rings. The lowest BCUT2D eigenvalue weighted by atomic mass is 10.1. The van der Waals surface area contributed by atoms with Crippen molar-refractivity contribution in [3.05, 3.63) is 72.3 Å². The zero-order chi connectivity index (χ0) is 19.9. The molecule has 1 aromatic heterocycles. The van der Waals surface area contributed by atoms with Gasteiger partial charge >= 0.3 is 0 Å². The van der Waals surface area contributed by atoms with E-state index < -0.39 is 0 Å². The Balaban J connectivity index is 1.53. The van der Waals surface area contributed by atoms with E-state index in [9.17, 15) is 0 Å². The number of nitrogens with one attached hydrogen (secondary N) is 1. The summed E-state index contributed by atoms with van der Waals surface area (Å²) in [7, 11) is 0. The van der Waals surface area contributed by atoms with E-state index in [0.29, 0.717) is 5.95 Å². The number of rotatable bonds is 7. The highest BCUT2D eigenvalue weighted by Crippen LogP contribution is 2.24. The van der Waals surface area contributed by atoms with Crippen LogP contribution in [0.25, 0.3) is 11.3 Å². The number of hydrogen-bond acceptors (Lipinski definition) is 5. The number of anilines is 2. The quantitative estimate of drug-likeness (QED) is 0.665. The smallest absolute Gasteiger partial charge is 0.225 e. The summed E-state index contributed by atoms with van der Waals surface area (Å²) in [6.07, 6.45) is 0.949. The molecular formula is C24H29N5. The fourth-order valence-corrected chi connectivity index (χ4v) is 3.69. The minimum atomic E-state index is 0.704. The van der Waals surface area contributed by atoms with Crippen molar-refractivity contribution in [3.63, 3.8) is 0 Å². The van der Waals surface area contributed by atoms with Gasteiger partial charge in [-0.15, -0.1) is 0 Å². The lowest BCUT2D eigenvalue weighted by Gasteiger charge is -2.35.